The van der Waals surface area contributed by atoms with Crippen LogP contribution in [0.15, 0.2) is 50.8 Å². The van der Waals surface area contributed by atoms with Gasteiger partial charge in [-0.1, -0.05) is 74.9 Å². The van der Waals surface area contributed by atoms with Crippen molar-refractivity contribution in [2.75, 3.05) is 19.8 Å². The Morgan fingerprint density at radius 3 is 2.17 bits per heavy atom. The Morgan fingerprint density at radius 1 is 1.00 bits per heavy atom. The van der Waals surface area contributed by atoms with Crippen LogP contribution >= 0.6 is 22.6 Å². The summed E-state index contributed by atoms with van der Waals surface area (Å²) in [5, 5.41) is 1.57. The van der Waals surface area contributed by atoms with Gasteiger partial charge in [0.05, 0.1) is 21.3 Å². The maximum absolute atomic E-state index is 6.05. The summed E-state index contributed by atoms with van der Waals surface area (Å²) in [6.07, 6.45) is 6.46. The molecule has 0 heterocycles. The van der Waals surface area contributed by atoms with Crippen LogP contribution in [0.1, 0.15) is 52.0 Å². The van der Waals surface area contributed by atoms with Crippen LogP contribution in [0.3, 0.4) is 0 Å². The summed E-state index contributed by atoms with van der Waals surface area (Å²) in [7, 11) is -1.52. The van der Waals surface area contributed by atoms with Crippen LogP contribution < -0.4 is 0 Å². The predicted molar refractivity (Wildman–Crippen MR) is 140 cm³/mol. The normalized spacial score (nSPS) is 13.7. The van der Waals surface area contributed by atoms with Crippen molar-refractivity contribution in [2.24, 2.45) is 0 Å². The Morgan fingerprint density at radius 2 is 1.63 bits per heavy atom. The first-order valence-corrected chi connectivity index (χ1v) is 15.9. The lowest BCUT2D eigenvalue weighted by Crippen LogP contribution is -2.30. The summed E-state index contributed by atoms with van der Waals surface area (Å²) in [6, 6.07) is 10.3. The Bertz CT molecular complexity index is 644. The molecule has 170 valence electrons. The van der Waals surface area contributed by atoms with E-state index in [1.54, 1.807) is 5.20 Å². The minimum atomic E-state index is -1.52. The van der Waals surface area contributed by atoms with E-state index in [-0.39, 0.29) is 6.29 Å². The molecule has 0 saturated carbocycles. The van der Waals surface area contributed by atoms with Gasteiger partial charge < -0.3 is 14.2 Å². The third-order valence-electron chi connectivity index (χ3n) is 4.83. The molecule has 0 aromatic heterocycles. The van der Waals surface area contributed by atoms with Crippen LogP contribution in [0.4, 0.5) is 0 Å². The van der Waals surface area contributed by atoms with Crippen LogP contribution in [0, 0.1) is 0 Å². The molecule has 0 aliphatic carbocycles. The number of unbranched alkanes of at least 4 members (excludes halogenated alkanes) is 1. The van der Waals surface area contributed by atoms with E-state index in [9.17, 15) is 0 Å². The first-order valence-electron chi connectivity index (χ1n) is 11.3. The summed E-state index contributed by atoms with van der Waals surface area (Å²) in [5.74, 6) is 0. The third kappa shape index (κ3) is 10.7. The Balaban J connectivity index is 3.01. The second kappa shape index (κ2) is 15.3. The van der Waals surface area contributed by atoms with Gasteiger partial charge in [-0.25, -0.2) is 0 Å². The van der Waals surface area contributed by atoms with Gasteiger partial charge in [-0.2, -0.15) is 0 Å². The van der Waals surface area contributed by atoms with E-state index in [1.807, 2.05) is 19.9 Å². The smallest absolute Gasteiger partial charge is 0.183 e. The molecule has 1 aromatic carbocycles. The van der Waals surface area contributed by atoms with Gasteiger partial charge in [0.1, 0.15) is 0 Å². The molecule has 30 heavy (non-hydrogen) atoms. The topological polar surface area (TPSA) is 27.7 Å². The highest BCUT2D eigenvalue weighted by Crippen LogP contribution is 2.30. The van der Waals surface area contributed by atoms with Gasteiger partial charge in [0.25, 0.3) is 0 Å². The van der Waals surface area contributed by atoms with E-state index in [2.05, 4.69) is 79.5 Å². The highest BCUT2D eigenvalue weighted by molar-refractivity contribution is 14.1. The minimum absolute atomic E-state index is 0.284. The van der Waals surface area contributed by atoms with Gasteiger partial charge in [0.15, 0.2) is 6.29 Å². The lowest BCUT2D eigenvalue weighted by atomic mass is 10.1. The Labute approximate surface area is 199 Å². The quantitative estimate of drug-likeness (QED) is 0.0746. The van der Waals surface area contributed by atoms with Crippen molar-refractivity contribution in [2.45, 2.75) is 79.0 Å². The van der Waals surface area contributed by atoms with Gasteiger partial charge in [0, 0.05) is 25.2 Å². The molecular formula is C25H41IO3Si. The van der Waals surface area contributed by atoms with Gasteiger partial charge >= 0.3 is 0 Å². The molecule has 0 aliphatic heterocycles. The molecule has 1 rings (SSSR count). The van der Waals surface area contributed by atoms with E-state index < -0.39 is 8.07 Å². The maximum Gasteiger partial charge on any atom is 0.183 e. The fourth-order valence-electron chi connectivity index (χ4n) is 3.31. The van der Waals surface area contributed by atoms with Crippen molar-refractivity contribution in [3.63, 3.8) is 0 Å². The van der Waals surface area contributed by atoms with E-state index in [1.165, 1.54) is 27.6 Å². The zero-order valence-corrected chi connectivity index (χ0v) is 23.0. The standard InChI is InChI=1S/C25H41IO3Si/c1-7-10-16-24(30(4,5)6)23(25(28-8-2)29-9-3)19-22(26)17-18-27-20-21-14-12-11-13-15-21/h11-15,19,25H,7-10,16-18,20H2,1-6H3/b22-19-,24-23+. The Kier molecular flexibility index (Phi) is 14.1. The lowest BCUT2D eigenvalue weighted by Gasteiger charge is -2.29. The highest BCUT2D eigenvalue weighted by atomic mass is 127. The molecule has 1 aromatic rings. The van der Waals surface area contributed by atoms with Crippen LogP contribution in [-0.4, -0.2) is 34.2 Å². The summed E-state index contributed by atoms with van der Waals surface area (Å²) >= 11 is 2.45. The number of ether oxygens (including phenoxy) is 3. The number of hydrogen-bond acceptors (Lipinski definition) is 3. The molecule has 5 heteroatoms. The number of benzene rings is 1. The molecule has 0 spiro atoms. The largest absolute Gasteiger partial charge is 0.376 e. The summed E-state index contributed by atoms with van der Waals surface area (Å²) in [5.41, 5.74) is 2.46. The number of halogens is 1. The maximum atomic E-state index is 6.05. The first-order chi connectivity index (χ1) is 14.3. The van der Waals surface area contributed by atoms with Crippen LogP contribution in [0.5, 0.6) is 0 Å². The van der Waals surface area contributed by atoms with Crippen molar-refractivity contribution >= 4 is 30.7 Å². The molecule has 0 N–H and O–H groups in total. The number of hydrogen-bond donors (Lipinski definition) is 0. The number of rotatable bonds is 15. The lowest BCUT2D eigenvalue weighted by molar-refractivity contribution is -0.109. The molecule has 0 radical (unpaired) electrons. The molecule has 0 unspecified atom stereocenters. The predicted octanol–water partition coefficient (Wildman–Crippen LogP) is 7.68. The van der Waals surface area contributed by atoms with Crippen molar-refractivity contribution in [3.8, 4) is 0 Å². The van der Waals surface area contributed by atoms with E-state index >= 15 is 0 Å². The zero-order valence-electron chi connectivity index (χ0n) is 19.8. The van der Waals surface area contributed by atoms with E-state index in [4.69, 9.17) is 14.2 Å². The average molecular weight is 545 g/mol. The SMILES string of the molecule is CCCC/C(=C(/C=C(\I)CCOCc1ccccc1)C(OCC)OCC)[Si](C)(C)C. The molecule has 3 nitrogen and oxygen atoms in total. The fraction of sp³-hybridized carbons (Fsp3) is 0.600. The Hall–Kier alpha value is -0.473. The average Bonchev–Trinajstić information content (AvgIpc) is 2.70. The molecule has 0 fully saturated rings. The molecule has 0 aliphatic rings. The van der Waals surface area contributed by atoms with Gasteiger partial charge in [-0.15, -0.1) is 0 Å². The summed E-state index contributed by atoms with van der Waals surface area (Å²) < 4.78 is 19.3. The third-order valence-corrected chi connectivity index (χ3v) is 8.03. The van der Waals surface area contributed by atoms with Crippen LogP contribution in [0.25, 0.3) is 0 Å². The molecule has 0 bridgehead atoms. The van der Waals surface area contributed by atoms with Crippen LogP contribution in [-0.2, 0) is 20.8 Å². The van der Waals surface area contributed by atoms with Crippen LogP contribution in [0.2, 0.25) is 19.6 Å². The van der Waals surface area contributed by atoms with Crippen molar-refractivity contribution < 1.29 is 14.2 Å². The van der Waals surface area contributed by atoms with Gasteiger partial charge in [-0.05, 0) is 58.1 Å². The van der Waals surface area contributed by atoms with Crippen molar-refractivity contribution in [1.82, 2.24) is 0 Å². The van der Waals surface area contributed by atoms with Crippen molar-refractivity contribution in [3.05, 3.63) is 56.3 Å². The zero-order chi connectivity index (χ0) is 22.4. The van der Waals surface area contributed by atoms with E-state index in [0.717, 1.165) is 12.8 Å². The van der Waals surface area contributed by atoms with Gasteiger partial charge in [-0.3, -0.25) is 0 Å². The highest BCUT2D eigenvalue weighted by Gasteiger charge is 2.27. The minimum Gasteiger partial charge on any atom is -0.376 e. The molecule has 0 saturated heterocycles. The molecule has 0 atom stereocenters. The van der Waals surface area contributed by atoms with E-state index in [0.29, 0.717) is 26.4 Å². The fourth-order valence-corrected chi connectivity index (χ4v) is 5.85. The first kappa shape index (κ1) is 27.6. The second-order valence-electron chi connectivity index (χ2n) is 8.41. The monoisotopic (exact) mass is 544 g/mol. The summed E-state index contributed by atoms with van der Waals surface area (Å²) in [6.45, 7) is 16.3. The summed E-state index contributed by atoms with van der Waals surface area (Å²) in [4.78, 5) is 0. The number of allylic oxidation sites excluding steroid dienone is 1. The molecular weight excluding hydrogens is 503 g/mol. The molecule has 0 amide bonds. The second-order valence-corrected chi connectivity index (χ2v) is 14.9. The van der Waals surface area contributed by atoms with Crippen molar-refractivity contribution in [1.29, 1.82) is 0 Å². The van der Waals surface area contributed by atoms with Gasteiger partial charge in [0.2, 0.25) is 0 Å².